The first-order valence-corrected chi connectivity index (χ1v) is 5.46. The van der Waals surface area contributed by atoms with Gasteiger partial charge in [-0.3, -0.25) is 4.79 Å². The molecule has 0 heterocycles. The van der Waals surface area contributed by atoms with E-state index in [1.807, 2.05) is 5.32 Å². The lowest BCUT2D eigenvalue weighted by atomic mass is 10.1. The number of nitrogens with zero attached hydrogens (tertiary/aromatic N) is 1. The minimum atomic E-state index is -4.49. The second-order valence-electron chi connectivity index (χ2n) is 3.32. The van der Waals surface area contributed by atoms with Gasteiger partial charge in [-0.15, -0.1) is 11.8 Å². The van der Waals surface area contributed by atoms with E-state index in [9.17, 15) is 18.0 Å². The zero-order valence-electron chi connectivity index (χ0n) is 7.89. The Bertz CT molecular complexity index is 306. The molecular weight excluding hydrogens is 229 g/mol. The van der Waals surface area contributed by atoms with Crippen molar-refractivity contribution in [2.45, 2.75) is 24.4 Å². The second-order valence-corrected chi connectivity index (χ2v) is 4.27. The molecule has 15 heavy (non-hydrogen) atoms. The third-order valence-corrected chi connectivity index (χ3v) is 3.05. The fourth-order valence-electron chi connectivity index (χ4n) is 1.05. The van der Waals surface area contributed by atoms with E-state index in [0.717, 1.165) is 0 Å². The molecule has 1 aliphatic carbocycles. The first-order chi connectivity index (χ1) is 6.85. The maximum absolute atomic E-state index is 12.3. The third kappa shape index (κ3) is 2.56. The van der Waals surface area contributed by atoms with Gasteiger partial charge in [-0.2, -0.15) is 18.4 Å². The van der Waals surface area contributed by atoms with Crippen molar-refractivity contribution in [3.05, 3.63) is 0 Å². The summed E-state index contributed by atoms with van der Waals surface area (Å²) in [5.74, 6) is -0.818. The van der Waals surface area contributed by atoms with Gasteiger partial charge in [0.2, 0.25) is 5.91 Å². The number of amides is 1. The van der Waals surface area contributed by atoms with Crippen molar-refractivity contribution in [2.24, 2.45) is 5.41 Å². The Morgan fingerprint density at radius 2 is 2.13 bits per heavy atom. The van der Waals surface area contributed by atoms with E-state index in [1.54, 1.807) is 6.07 Å². The predicted octanol–water partition coefficient (Wildman–Crippen LogP) is 1.66. The summed E-state index contributed by atoms with van der Waals surface area (Å²) in [6, 6.07) is 1.74. The number of rotatable bonds is 3. The molecule has 1 amide bonds. The standard InChI is InChI=1S/C8H9F3N2OS/c1-15-6(8(9,10)11)13-5(14)7(4-12)2-3-7/h6H,2-3H2,1H3,(H,13,14)/t6-/m0/s1. The zero-order chi connectivity index (χ0) is 11.7. The van der Waals surface area contributed by atoms with E-state index in [2.05, 4.69) is 0 Å². The minimum Gasteiger partial charge on any atom is -0.335 e. The largest absolute Gasteiger partial charge is 0.418 e. The molecule has 0 radical (unpaired) electrons. The van der Waals surface area contributed by atoms with Gasteiger partial charge in [0.1, 0.15) is 5.41 Å². The molecule has 1 rings (SSSR count). The lowest BCUT2D eigenvalue weighted by Gasteiger charge is -2.20. The Labute approximate surface area is 89.0 Å². The number of halogens is 3. The van der Waals surface area contributed by atoms with Gasteiger partial charge in [-0.05, 0) is 19.1 Å². The maximum Gasteiger partial charge on any atom is 0.418 e. The van der Waals surface area contributed by atoms with Crippen molar-refractivity contribution >= 4 is 17.7 Å². The molecule has 0 unspecified atom stereocenters. The molecule has 0 saturated heterocycles. The first kappa shape index (κ1) is 12.2. The van der Waals surface area contributed by atoms with E-state index >= 15 is 0 Å². The van der Waals surface area contributed by atoms with Crippen LogP contribution in [-0.2, 0) is 4.79 Å². The smallest absolute Gasteiger partial charge is 0.335 e. The summed E-state index contributed by atoms with van der Waals surface area (Å²) < 4.78 is 36.8. The summed E-state index contributed by atoms with van der Waals surface area (Å²) in [5, 5.41) is 8.52. The average molecular weight is 238 g/mol. The summed E-state index contributed by atoms with van der Waals surface area (Å²) in [5.41, 5.74) is -1.21. The predicted molar refractivity (Wildman–Crippen MR) is 48.8 cm³/mol. The van der Waals surface area contributed by atoms with Crippen molar-refractivity contribution in [1.82, 2.24) is 5.32 Å². The van der Waals surface area contributed by atoms with Gasteiger partial charge in [0.25, 0.3) is 0 Å². The Morgan fingerprint density at radius 3 is 2.40 bits per heavy atom. The normalized spacial score (nSPS) is 20.2. The van der Waals surface area contributed by atoms with Crippen LogP contribution in [0.5, 0.6) is 0 Å². The molecule has 84 valence electrons. The van der Waals surface area contributed by atoms with Crippen LogP contribution in [0.3, 0.4) is 0 Å². The number of hydrogen-bond acceptors (Lipinski definition) is 3. The summed E-state index contributed by atoms with van der Waals surface area (Å²) in [6.07, 6.45) is -2.55. The van der Waals surface area contributed by atoms with Crippen molar-refractivity contribution in [3.8, 4) is 6.07 Å². The summed E-state index contributed by atoms with van der Waals surface area (Å²) in [7, 11) is 0. The van der Waals surface area contributed by atoms with Crippen LogP contribution in [0.4, 0.5) is 13.2 Å². The highest BCUT2D eigenvalue weighted by Gasteiger charge is 2.53. The van der Waals surface area contributed by atoms with Crippen LogP contribution in [0.1, 0.15) is 12.8 Å². The van der Waals surface area contributed by atoms with Gasteiger partial charge in [0, 0.05) is 0 Å². The van der Waals surface area contributed by atoms with E-state index < -0.39 is 22.9 Å². The number of alkyl halides is 3. The van der Waals surface area contributed by atoms with E-state index in [0.29, 0.717) is 24.6 Å². The van der Waals surface area contributed by atoms with Crippen molar-refractivity contribution < 1.29 is 18.0 Å². The van der Waals surface area contributed by atoms with Gasteiger partial charge < -0.3 is 5.32 Å². The fraction of sp³-hybridized carbons (Fsp3) is 0.750. The van der Waals surface area contributed by atoms with E-state index in [1.165, 1.54) is 6.26 Å². The quantitative estimate of drug-likeness (QED) is 0.761. The zero-order valence-corrected chi connectivity index (χ0v) is 8.71. The van der Waals surface area contributed by atoms with Crippen molar-refractivity contribution in [3.63, 3.8) is 0 Å². The molecule has 0 spiro atoms. The van der Waals surface area contributed by atoms with E-state index in [-0.39, 0.29) is 0 Å². The molecule has 1 aliphatic rings. The van der Waals surface area contributed by atoms with Gasteiger partial charge in [0.05, 0.1) is 6.07 Å². The Morgan fingerprint density at radius 1 is 1.60 bits per heavy atom. The number of nitrogens with one attached hydrogen (secondary N) is 1. The van der Waals surface area contributed by atoms with Crippen molar-refractivity contribution in [1.29, 1.82) is 5.26 Å². The van der Waals surface area contributed by atoms with Gasteiger partial charge in [-0.25, -0.2) is 0 Å². The fourth-order valence-corrected chi connectivity index (χ4v) is 1.54. The highest BCUT2D eigenvalue weighted by Crippen LogP contribution is 2.45. The number of carbonyl (C=O) groups is 1. The van der Waals surface area contributed by atoms with Gasteiger partial charge >= 0.3 is 6.18 Å². The number of hydrogen-bond donors (Lipinski definition) is 1. The summed E-state index contributed by atoms with van der Waals surface area (Å²) in [6.45, 7) is 0. The number of nitriles is 1. The molecule has 7 heteroatoms. The average Bonchev–Trinajstić information content (AvgIpc) is 2.92. The van der Waals surface area contributed by atoms with Crippen LogP contribution < -0.4 is 5.32 Å². The molecular formula is C8H9F3N2OS. The molecule has 0 aromatic carbocycles. The molecule has 1 fully saturated rings. The number of carbonyl (C=O) groups excluding carboxylic acids is 1. The minimum absolute atomic E-state index is 0.342. The molecule has 1 atom stereocenters. The van der Waals surface area contributed by atoms with Gasteiger partial charge in [-0.1, -0.05) is 0 Å². The van der Waals surface area contributed by atoms with Gasteiger partial charge in [0.15, 0.2) is 5.37 Å². The van der Waals surface area contributed by atoms with Crippen LogP contribution in [0.25, 0.3) is 0 Å². The van der Waals surface area contributed by atoms with Crippen LogP contribution in [0.15, 0.2) is 0 Å². The summed E-state index contributed by atoms with van der Waals surface area (Å²) >= 11 is 0.493. The van der Waals surface area contributed by atoms with Crippen LogP contribution in [0, 0.1) is 16.7 Å². The molecule has 3 nitrogen and oxygen atoms in total. The highest BCUT2D eigenvalue weighted by molar-refractivity contribution is 7.99. The molecule has 0 bridgehead atoms. The molecule has 1 saturated carbocycles. The lowest BCUT2D eigenvalue weighted by Crippen LogP contribution is -2.45. The molecule has 1 N–H and O–H groups in total. The topological polar surface area (TPSA) is 52.9 Å². The molecule has 0 aromatic rings. The van der Waals surface area contributed by atoms with Crippen LogP contribution in [-0.4, -0.2) is 23.7 Å². The Balaban J connectivity index is 2.62. The Hall–Kier alpha value is -0.900. The second kappa shape index (κ2) is 3.93. The van der Waals surface area contributed by atoms with Crippen LogP contribution >= 0.6 is 11.8 Å². The lowest BCUT2D eigenvalue weighted by molar-refractivity contribution is -0.146. The summed E-state index contributed by atoms with van der Waals surface area (Å²) in [4.78, 5) is 11.3. The monoisotopic (exact) mass is 238 g/mol. The SMILES string of the molecule is CS[C@H](NC(=O)C1(C#N)CC1)C(F)(F)F. The number of thioether (sulfide) groups is 1. The first-order valence-electron chi connectivity index (χ1n) is 4.17. The van der Waals surface area contributed by atoms with E-state index in [4.69, 9.17) is 5.26 Å². The molecule has 0 aromatic heterocycles. The Kier molecular flexibility index (Phi) is 3.19. The highest BCUT2D eigenvalue weighted by atomic mass is 32.2. The maximum atomic E-state index is 12.3. The molecule has 0 aliphatic heterocycles. The third-order valence-electron chi connectivity index (χ3n) is 2.19. The van der Waals surface area contributed by atoms with Crippen molar-refractivity contribution in [2.75, 3.05) is 6.26 Å². The van der Waals surface area contributed by atoms with Crippen LogP contribution in [0.2, 0.25) is 0 Å².